The van der Waals surface area contributed by atoms with Gasteiger partial charge in [0.2, 0.25) is 0 Å². The van der Waals surface area contributed by atoms with E-state index < -0.39 is 5.97 Å². The number of nitrogen functional groups attached to an aromatic ring is 1. The maximum atomic E-state index is 11.0. The molecule has 0 amide bonds. The molecule has 0 bridgehead atoms. The predicted octanol–water partition coefficient (Wildman–Crippen LogP) is 2.91. The van der Waals surface area contributed by atoms with Crippen molar-refractivity contribution in [3.63, 3.8) is 0 Å². The van der Waals surface area contributed by atoms with Gasteiger partial charge in [0.05, 0.1) is 16.9 Å². The molecular weight excluding hydrogens is 252 g/mol. The van der Waals surface area contributed by atoms with E-state index in [0.717, 1.165) is 11.3 Å². The van der Waals surface area contributed by atoms with E-state index in [-0.39, 0.29) is 5.56 Å². The van der Waals surface area contributed by atoms with Gasteiger partial charge in [-0.1, -0.05) is 29.8 Å². The zero-order valence-corrected chi connectivity index (χ0v) is 11.6. The topological polar surface area (TPSA) is 66.6 Å². The normalized spacial score (nSPS) is 10.3. The van der Waals surface area contributed by atoms with Gasteiger partial charge in [-0.15, -0.1) is 0 Å². The van der Waals surface area contributed by atoms with Gasteiger partial charge in [-0.2, -0.15) is 0 Å². The van der Waals surface area contributed by atoms with Crippen LogP contribution in [-0.4, -0.2) is 18.1 Å². The fraction of sp³-hybridized carbons (Fsp3) is 0.188. The molecule has 0 aliphatic heterocycles. The van der Waals surface area contributed by atoms with E-state index in [2.05, 4.69) is 24.3 Å². The molecular formula is C16H18N2O2. The van der Waals surface area contributed by atoms with Crippen LogP contribution in [0.2, 0.25) is 0 Å². The van der Waals surface area contributed by atoms with Crippen molar-refractivity contribution in [1.29, 1.82) is 0 Å². The molecule has 0 radical (unpaired) electrons. The zero-order chi connectivity index (χ0) is 14.7. The number of carboxylic acids is 1. The van der Waals surface area contributed by atoms with Gasteiger partial charge in [-0.3, -0.25) is 0 Å². The lowest BCUT2D eigenvalue weighted by atomic mass is 10.1. The molecule has 104 valence electrons. The Morgan fingerprint density at radius 1 is 1.20 bits per heavy atom. The van der Waals surface area contributed by atoms with Crippen LogP contribution in [0.1, 0.15) is 21.5 Å². The summed E-state index contributed by atoms with van der Waals surface area (Å²) >= 11 is 0. The summed E-state index contributed by atoms with van der Waals surface area (Å²) in [6.45, 7) is 2.72. The Bertz CT molecular complexity index is 621. The van der Waals surface area contributed by atoms with Crippen LogP contribution in [0.25, 0.3) is 0 Å². The average Bonchev–Trinajstić information content (AvgIpc) is 2.41. The minimum Gasteiger partial charge on any atom is -0.478 e. The number of carbonyl (C=O) groups is 1. The summed E-state index contributed by atoms with van der Waals surface area (Å²) in [4.78, 5) is 13.0. The van der Waals surface area contributed by atoms with Gasteiger partial charge in [0.1, 0.15) is 0 Å². The fourth-order valence-electron chi connectivity index (χ4n) is 2.06. The molecule has 4 heteroatoms. The summed E-state index contributed by atoms with van der Waals surface area (Å²) in [5, 5.41) is 9.04. The monoisotopic (exact) mass is 270 g/mol. The first-order valence-corrected chi connectivity index (χ1v) is 6.37. The Morgan fingerprint density at radius 3 is 2.45 bits per heavy atom. The lowest BCUT2D eigenvalue weighted by Gasteiger charge is -2.21. The molecule has 2 aromatic carbocycles. The van der Waals surface area contributed by atoms with Crippen molar-refractivity contribution in [1.82, 2.24) is 0 Å². The standard InChI is InChI=1S/C16H18N2O2/c1-11-3-5-12(6-4-11)10-18(2)15-9-13(16(19)20)7-8-14(15)17/h3-9H,10,17H2,1-2H3,(H,19,20). The number of nitrogens with zero attached hydrogens (tertiary/aromatic N) is 1. The van der Waals surface area contributed by atoms with Crippen LogP contribution >= 0.6 is 0 Å². The largest absolute Gasteiger partial charge is 0.478 e. The van der Waals surface area contributed by atoms with Gasteiger partial charge < -0.3 is 15.7 Å². The number of benzene rings is 2. The number of aryl methyl sites for hydroxylation is 1. The minimum absolute atomic E-state index is 0.241. The first-order valence-electron chi connectivity index (χ1n) is 6.37. The maximum absolute atomic E-state index is 11.0. The van der Waals surface area contributed by atoms with Crippen molar-refractivity contribution in [2.24, 2.45) is 0 Å². The van der Waals surface area contributed by atoms with Crippen molar-refractivity contribution in [3.8, 4) is 0 Å². The second-order valence-electron chi connectivity index (χ2n) is 4.92. The summed E-state index contributed by atoms with van der Waals surface area (Å²) in [5.74, 6) is -0.949. The van der Waals surface area contributed by atoms with E-state index in [4.69, 9.17) is 10.8 Å². The van der Waals surface area contributed by atoms with Crippen LogP contribution in [0.3, 0.4) is 0 Å². The summed E-state index contributed by atoms with van der Waals surface area (Å²) in [6.07, 6.45) is 0. The van der Waals surface area contributed by atoms with Crippen molar-refractivity contribution in [2.45, 2.75) is 13.5 Å². The zero-order valence-electron chi connectivity index (χ0n) is 11.6. The number of nitrogens with two attached hydrogens (primary N) is 1. The van der Waals surface area contributed by atoms with E-state index in [1.54, 1.807) is 12.1 Å². The lowest BCUT2D eigenvalue weighted by molar-refractivity contribution is 0.0697. The highest BCUT2D eigenvalue weighted by atomic mass is 16.4. The number of anilines is 2. The van der Waals surface area contributed by atoms with Gasteiger partial charge in [-0.05, 0) is 30.7 Å². The highest BCUT2D eigenvalue weighted by Gasteiger charge is 2.10. The molecule has 0 unspecified atom stereocenters. The first kappa shape index (κ1) is 13.9. The summed E-state index contributed by atoms with van der Waals surface area (Å²) in [7, 11) is 1.90. The highest BCUT2D eigenvalue weighted by molar-refractivity contribution is 5.90. The lowest BCUT2D eigenvalue weighted by Crippen LogP contribution is -2.18. The number of hydrogen-bond acceptors (Lipinski definition) is 3. The number of hydrogen-bond donors (Lipinski definition) is 2. The Labute approximate surface area is 118 Å². The number of rotatable bonds is 4. The van der Waals surface area contributed by atoms with E-state index in [1.165, 1.54) is 11.6 Å². The molecule has 0 spiro atoms. The smallest absolute Gasteiger partial charge is 0.335 e. The minimum atomic E-state index is -0.949. The average molecular weight is 270 g/mol. The Morgan fingerprint density at radius 2 is 1.85 bits per heavy atom. The van der Waals surface area contributed by atoms with E-state index >= 15 is 0 Å². The third kappa shape index (κ3) is 3.09. The van der Waals surface area contributed by atoms with Crippen LogP contribution in [0.5, 0.6) is 0 Å². The highest BCUT2D eigenvalue weighted by Crippen LogP contribution is 2.25. The molecule has 3 N–H and O–H groups in total. The molecule has 0 aliphatic carbocycles. The Hall–Kier alpha value is -2.49. The Balaban J connectivity index is 2.24. The number of aromatic carboxylic acids is 1. The number of carboxylic acid groups (broad SMARTS) is 1. The first-order chi connectivity index (χ1) is 9.47. The molecule has 0 aliphatic rings. The van der Waals surface area contributed by atoms with Crippen molar-refractivity contribution in [3.05, 3.63) is 59.2 Å². The van der Waals surface area contributed by atoms with Crippen molar-refractivity contribution in [2.75, 3.05) is 17.7 Å². The van der Waals surface area contributed by atoms with Crippen LogP contribution in [0.4, 0.5) is 11.4 Å². The molecule has 0 saturated carbocycles. The third-order valence-electron chi connectivity index (χ3n) is 3.23. The van der Waals surface area contributed by atoms with Gasteiger partial charge in [-0.25, -0.2) is 4.79 Å². The van der Waals surface area contributed by atoms with Gasteiger partial charge in [0, 0.05) is 13.6 Å². The van der Waals surface area contributed by atoms with Crippen LogP contribution in [-0.2, 0) is 6.54 Å². The molecule has 0 saturated heterocycles. The quantitative estimate of drug-likeness (QED) is 0.838. The molecule has 4 nitrogen and oxygen atoms in total. The fourth-order valence-corrected chi connectivity index (χ4v) is 2.06. The van der Waals surface area contributed by atoms with Crippen LogP contribution in [0, 0.1) is 6.92 Å². The molecule has 20 heavy (non-hydrogen) atoms. The van der Waals surface area contributed by atoms with Crippen molar-refractivity contribution >= 4 is 17.3 Å². The summed E-state index contributed by atoms with van der Waals surface area (Å²) in [6, 6.07) is 13.0. The second kappa shape index (κ2) is 5.65. The SMILES string of the molecule is Cc1ccc(CN(C)c2cc(C(=O)O)ccc2N)cc1. The molecule has 0 aromatic heterocycles. The Kier molecular flexibility index (Phi) is 3.94. The van der Waals surface area contributed by atoms with Gasteiger partial charge in [0.25, 0.3) is 0 Å². The predicted molar refractivity (Wildman–Crippen MR) is 81.1 cm³/mol. The van der Waals surface area contributed by atoms with E-state index in [9.17, 15) is 4.79 Å². The summed E-state index contributed by atoms with van der Waals surface area (Å²) in [5.41, 5.74) is 9.84. The maximum Gasteiger partial charge on any atom is 0.335 e. The second-order valence-corrected chi connectivity index (χ2v) is 4.92. The van der Waals surface area contributed by atoms with E-state index in [1.807, 2.05) is 18.9 Å². The molecule has 0 fully saturated rings. The molecule has 0 atom stereocenters. The summed E-state index contributed by atoms with van der Waals surface area (Å²) < 4.78 is 0. The third-order valence-corrected chi connectivity index (χ3v) is 3.23. The molecule has 2 aromatic rings. The molecule has 2 rings (SSSR count). The molecule has 0 heterocycles. The van der Waals surface area contributed by atoms with Crippen LogP contribution < -0.4 is 10.6 Å². The van der Waals surface area contributed by atoms with E-state index in [0.29, 0.717) is 12.2 Å². The van der Waals surface area contributed by atoms with Crippen LogP contribution in [0.15, 0.2) is 42.5 Å². The van der Waals surface area contributed by atoms with Gasteiger partial charge >= 0.3 is 5.97 Å². The van der Waals surface area contributed by atoms with Gasteiger partial charge in [0.15, 0.2) is 0 Å². The van der Waals surface area contributed by atoms with Crippen molar-refractivity contribution < 1.29 is 9.90 Å².